The highest BCUT2D eigenvalue weighted by atomic mass is 16.5. The van der Waals surface area contributed by atoms with Crippen molar-refractivity contribution < 1.29 is 19.1 Å². The van der Waals surface area contributed by atoms with Crippen molar-refractivity contribution in [2.45, 2.75) is 31.8 Å². The molecule has 1 fully saturated rings. The number of carbonyl (C=O) groups excluding carboxylic acids is 2. The number of nitrogens with one attached hydrogen (secondary N) is 1. The molecule has 2 aliphatic heterocycles. The van der Waals surface area contributed by atoms with Gasteiger partial charge in [0, 0.05) is 17.7 Å². The van der Waals surface area contributed by atoms with Gasteiger partial charge in [0.2, 0.25) is 11.8 Å². The number of nitrogens with zero attached hydrogens (tertiary/aromatic N) is 2. The van der Waals surface area contributed by atoms with Crippen molar-refractivity contribution in [2.75, 3.05) is 37.5 Å². The fraction of sp³-hybridized carbons (Fsp3) is 0.391. The molecule has 0 aromatic heterocycles. The van der Waals surface area contributed by atoms with Gasteiger partial charge < -0.3 is 14.8 Å². The zero-order chi connectivity index (χ0) is 21.3. The molecule has 7 heteroatoms. The van der Waals surface area contributed by atoms with Gasteiger partial charge in [0.1, 0.15) is 18.0 Å². The summed E-state index contributed by atoms with van der Waals surface area (Å²) in [5.41, 5.74) is 2.46. The molecule has 30 heavy (non-hydrogen) atoms. The lowest BCUT2D eigenvalue weighted by Crippen LogP contribution is -2.51. The number of likely N-dealkylation sites (tertiary alicyclic amines) is 1. The van der Waals surface area contributed by atoms with E-state index in [9.17, 15) is 9.59 Å². The number of carbonyl (C=O) groups is 2. The van der Waals surface area contributed by atoms with Crippen LogP contribution in [0.15, 0.2) is 42.5 Å². The van der Waals surface area contributed by atoms with Gasteiger partial charge in [0.25, 0.3) is 0 Å². The van der Waals surface area contributed by atoms with E-state index in [-0.39, 0.29) is 30.4 Å². The Morgan fingerprint density at radius 3 is 2.73 bits per heavy atom. The van der Waals surface area contributed by atoms with Crippen molar-refractivity contribution in [3.63, 3.8) is 0 Å². The molecule has 2 aromatic rings. The predicted molar refractivity (Wildman–Crippen MR) is 115 cm³/mol. The zero-order valence-electron chi connectivity index (χ0n) is 17.6. The van der Waals surface area contributed by atoms with Crippen LogP contribution in [0.1, 0.15) is 31.4 Å². The average molecular weight is 409 g/mol. The SMILES string of the molecule is COc1ccc([C@H]2CCCN2[C@@H](C)C(=O)N2CC(=O)Nc3ccccc32)c(OC)c1. The van der Waals surface area contributed by atoms with Crippen LogP contribution in [-0.4, -0.2) is 50.1 Å². The second kappa shape index (κ2) is 8.36. The number of methoxy groups -OCH3 is 2. The molecule has 0 spiro atoms. The molecule has 0 bridgehead atoms. The van der Waals surface area contributed by atoms with E-state index in [0.717, 1.165) is 42.1 Å². The summed E-state index contributed by atoms with van der Waals surface area (Å²) in [5, 5.41) is 2.84. The maximum atomic E-state index is 13.5. The Morgan fingerprint density at radius 1 is 1.17 bits per heavy atom. The first-order valence-corrected chi connectivity index (χ1v) is 10.2. The number of hydrogen-bond donors (Lipinski definition) is 1. The van der Waals surface area contributed by atoms with Crippen LogP contribution in [0.3, 0.4) is 0 Å². The van der Waals surface area contributed by atoms with E-state index in [1.165, 1.54) is 0 Å². The molecule has 7 nitrogen and oxygen atoms in total. The van der Waals surface area contributed by atoms with E-state index in [1.54, 1.807) is 19.1 Å². The summed E-state index contributed by atoms with van der Waals surface area (Å²) in [7, 11) is 3.28. The fourth-order valence-electron chi connectivity index (χ4n) is 4.48. The first-order chi connectivity index (χ1) is 14.5. The lowest BCUT2D eigenvalue weighted by Gasteiger charge is -2.36. The molecule has 2 aromatic carbocycles. The van der Waals surface area contributed by atoms with E-state index >= 15 is 0 Å². The molecule has 158 valence electrons. The van der Waals surface area contributed by atoms with Crippen molar-refractivity contribution in [1.82, 2.24) is 4.90 Å². The van der Waals surface area contributed by atoms with E-state index in [4.69, 9.17) is 9.47 Å². The third-order valence-electron chi connectivity index (χ3n) is 5.99. The van der Waals surface area contributed by atoms with Crippen LogP contribution in [0.5, 0.6) is 11.5 Å². The highest BCUT2D eigenvalue weighted by Gasteiger charge is 2.38. The molecule has 0 radical (unpaired) electrons. The maximum absolute atomic E-state index is 13.5. The van der Waals surface area contributed by atoms with Gasteiger partial charge in [-0.1, -0.05) is 18.2 Å². The third-order valence-corrected chi connectivity index (χ3v) is 5.99. The lowest BCUT2D eigenvalue weighted by molar-refractivity contribution is -0.125. The predicted octanol–water partition coefficient (Wildman–Crippen LogP) is 3.21. The number of para-hydroxylation sites is 2. The molecule has 0 unspecified atom stereocenters. The van der Waals surface area contributed by atoms with Crippen molar-refractivity contribution in [3.05, 3.63) is 48.0 Å². The van der Waals surface area contributed by atoms with Gasteiger partial charge in [0.05, 0.1) is 31.6 Å². The molecule has 2 amide bonds. The van der Waals surface area contributed by atoms with Gasteiger partial charge in [-0.15, -0.1) is 0 Å². The van der Waals surface area contributed by atoms with Crippen LogP contribution in [0, 0.1) is 0 Å². The summed E-state index contributed by atoms with van der Waals surface area (Å²) >= 11 is 0. The van der Waals surface area contributed by atoms with Crippen molar-refractivity contribution in [3.8, 4) is 11.5 Å². The minimum absolute atomic E-state index is 0.0323. The summed E-state index contributed by atoms with van der Waals surface area (Å²) in [6, 6.07) is 12.9. The van der Waals surface area contributed by atoms with Crippen LogP contribution in [0.2, 0.25) is 0 Å². The molecule has 0 aliphatic carbocycles. The number of benzene rings is 2. The van der Waals surface area contributed by atoms with E-state index in [1.807, 2.05) is 49.4 Å². The summed E-state index contributed by atoms with van der Waals surface area (Å²) < 4.78 is 10.9. The Morgan fingerprint density at radius 2 is 1.97 bits per heavy atom. The van der Waals surface area contributed by atoms with Gasteiger partial charge in [0.15, 0.2) is 0 Å². The normalized spacial score (nSPS) is 19.8. The van der Waals surface area contributed by atoms with Crippen LogP contribution >= 0.6 is 0 Å². The summed E-state index contributed by atoms with van der Waals surface area (Å²) in [4.78, 5) is 29.5. The monoisotopic (exact) mass is 409 g/mol. The molecular weight excluding hydrogens is 382 g/mol. The van der Waals surface area contributed by atoms with Gasteiger partial charge in [-0.2, -0.15) is 0 Å². The fourth-order valence-corrected chi connectivity index (χ4v) is 4.48. The number of amides is 2. The number of fused-ring (bicyclic) bond motifs is 1. The molecule has 2 atom stereocenters. The van der Waals surface area contributed by atoms with E-state index in [0.29, 0.717) is 5.69 Å². The van der Waals surface area contributed by atoms with Crippen LogP contribution in [0.4, 0.5) is 11.4 Å². The Hall–Kier alpha value is -3.06. The maximum Gasteiger partial charge on any atom is 0.244 e. The highest BCUT2D eigenvalue weighted by Crippen LogP contribution is 2.40. The first-order valence-electron chi connectivity index (χ1n) is 10.2. The topological polar surface area (TPSA) is 71.1 Å². The van der Waals surface area contributed by atoms with Crippen molar-refractivity contribution in [1.29, 1.82) is 0 Å². The molecule has 2 heterocycles. The second-order valence-corrected chi connectivity index (χ2v) is 7.67. The Kier molecular flexibility index (Phi) is 5.63. The van der Waals surface area contributed by atoms with Gasteiger partial charge in [-0.05, 0) is 44.5 Å². The van der Waals surface area contributed by atoms with Crippen LogP contribution in [-0.2, 0) is 9.59 Å². The number of ether oxygens (including phenoxy) is 2. The first kappa shape index (κ1) is 20.2. The smallest absolute Gasteiger partial charge is 0.244 e. The van der Waals surface area contributed by atoms with Gasteiger partial charge in [-0.25, -0.2) is 0 Å². The molecule has 1 saturated heterocycles. The Labute approximate surface area is 176 Å². The Bertz CT molecular complexity index is 961. The molecule has 4 rings (SSSR count). The average Bonchev–Trinajstić information content (AvgIpc) is 3.26. The van der Waals surface area contributed by atoms with E-state index in [2.05, 4.69) is 10.2 Å². The van der Waals surface area contributed by atoms with Crippen LogP contribution in [0.25, 0.3) is 0 Å². The molecule has 2 aliphatic rings. The summed E-state index contributed by atoms with van der Waals surface area (Å²) in [5.74, 6) is 1.24. The number of hydrogen-bond acceptors (Lipinski definition) is 5. The van der Waals surface area contributed by atoms with Gasteiger partial charge >= 0.3 is 0 Å². The third kappa shape index (κ3) is 3.61. The highest BCUT2D eigenvalue weighted by molar-refractivity contribution is 6.11. The lowest BCUT2D eigenvalue weighted by atomic mass is 10.0. The van der Waals surface area contributed by atoms with Crippen molar-refractivity contribution >= 4 is 23.2 Å². The van der Waals surface area contributed by atoms with Crippen LogP contribution < -0.4 is 19.7 Å². The minimum Gasteiger partial charge on any atom is -0.497 e. The molecule has 1 N–H and O–H groups in total. The standard InChI is InChI=1S/C23H27N3O4/c1-15(23(28)26-14-22(27)24-18-7-4-5-8-20(18)26)25-12-6-9-19(25)17-11-10-16(29-2)13-21(17)30-3/h4-5,7-8,10-11,13,15,19H,6,9,12,14H2,1-3H3,(H,24,27)/t15-,19+/m0/s1. The van der Waals surface area contributed by atoms with Gasteiger partial charge in [-0.3, -0.25) is 19.4 Å². The second-order valence-electron chi connectivity index (χ2n) is 7.67. The number of rotatable bonds is 5. The zero-order valence-corrected chi connectivity index (χ0v) is 17.6. The number of anilines is 2. The molecule has 0 saturated carbocycles. The summed E-state index contributed by atoms with van der Waals surface area (Å²) in [6.45, 7) is 2.77. The van der Waals surface area contributed by atoms with E-state index < -0.39 is 0 Å². The Balaban J connectivity index is 1.61. The molecular formula is C23H27N3O4. The largest absolute Gasteiger partial charge is 0.497 e. The van der Waals surface area contributed by atoms with Crippen molar-refractivity contribution in [2.24, 2.45) is 0 Å². The summed E-state index contributed by atoms with van der Waals surface area (Å²) in [6.07, 6.45) is 1.94. The minimum atomic E-state index is -0.372. The quantitative estimate of drug-likeness (QED) is 0.821.